The van der Waals surface area contributed by atoms with E-state index < -0.39 is 47.3 Å². The Morgan fingerprint density at radius 3 is 1.83 bits per heavy atom. The van der Waals surface area contributed by atoms with Crippen LogP contribution in [0.1, 0.15) is 18.1 Å². The SMILES string of the molecule is CNC(=O)NC(=O)[C@@H](C)Oc1cc(C(F)(F)F)cc(C(F)(F)F)c1. The molecule has 1 aromatic rings. The maximum absolute atomic E-state index is 12.7. The van der Waals surface area contributed by atoms with Crippen LogP contribution in [0.4, 0.5) is 31.1 Å². The fraction of sp³-hybridized carbons (Fsp3) is 0.385. The molecule has 0 heterocycles. The molecule has 11 heteroatoms. The zero-order valence-electron chi connectivity index (χ0n) is 12.3. The third-order valence-corrected chi connectivity index (χ3v) is 2.71. The zero-order valence-corrected chi connectivity index (χ0v) is 12.3. The van der Waals surface area contributed by atoms with Gasteiger partial charge in [0.05, 0.1) is 11.1 Å². The van der Waals surface area contributed by atoms with Gasteiger partial charge in [-0.3, -0.25) is 10.1 Å². The van der Waals surface area contributed by atoms with Crippen LogP contribution in [0.15, 0.2) is 18.2 Å². The van der Waals surface area contributed by atoms with Gasteiger partial charge in [-0.2, -0.15) is 26.3 Å². The van der Waals surface area contributed by atoms with Gasteiger partial charge in [0.1, 0.15) is 5.75 Å². The Kier molecular flexibility index (Phi) is 5.69. The minimum absolute atomic E-state index is 0.0673. The summed E-state index contributed by atoms with van der Waals surface area (Å²) in [6.45, 7) is 1.06. The van der Waals surface area contributed by atoms with Gasteiger partial charge in [-0.25, -0.2) is 4.79 Å². The smallest absolute Gasteiger partial charge is 0.416 e. The molecule has 0 saturated heterocycles. The highest BCUT2D eigenvalue weighted by Gasteiger charge is 2.37. The number of benzene rings is 1. The van der Waals surface area contributed by atoms with E-state index in [0.717, 1.165) is 6.92 Å². The fourth-order valence-electron chi connectivity index (χ4n) is 1.53. The summed E-state index contributed by atoms with van der Waals surface area (Å²) in [6.07, 6.45) is -11.6. The summed E-state index contributed by atoms with van der Waals surface area (Å²) in [5, 5.41) is 3.83. The number of imide groups is 1. The lowest BCUT2D eigenvalue weighted by molar-refractivity contribution is -0.143. The van der Waals surface area contributed by atoms with Crippen molar-refractivity contribution in [1.29, 1.82) is 0 Å². The predicted octanol–water partition coefficient (Wildman–Crippen LogP) is 2.95. The molecule has 0 aromatic heterocycles. The Balaban J connectivity index is 3.10. The van der Waals surface area contributed by atoms with E-state index in [1.54, 1.807) is 5.32 Å². The number of urea groups is 1. The predicted molar refractivity (Wildman–Crippen MR) is 69.1 cm³/mol. The minimum atomic E-state index is -5.03. The van der Waals surface area contributed by atoms with Gasteiger partial charge in [0.15, 0.2) is 6.10 Å². The Morgan fingerprint density at radius 1 is 1.00 bits per heavy atom. The molecule has 3 amide bonds. The van der Waals surface area contributed by atoms with Crippen molar-refractivity contribution in [2.75, 3.05) is 7.05 Å². The van der Waals surface area contributed by atoms with Gasteiger partial charge < -0.3 is 10.1 Å². The Labute approximate surface area is 132 Å². The Bertz CT molecular complexity index is 595. The number of ether oxygens (including phenoxy) is 1. The molecular formula is C13H12F6N2O3. The zero-order chi connectivity index (χ0) is 18.7. The number of nitrogens with one attached hydrogen (secondary N) is 2. The van der Waals surface area contributed by atoms with E-state index in [0.29, 0.717) is 12.1 Å². The number of hydrogen-bond donors (Lipinski definition) is 2. The van der Waals surface area contributed by atoms with Gasteiger partial charge in [0, 0.05) is 7.05 Å². The second-order valence-corrected chi connectivity index (χ2v) is 4.57. The summed E-state index contributed by atoms with van der Waals surface area (Å²) >= 11 is 0. The molecule has 5 nitrogen and oxygen atoms in total. The van der Waals surface area contributed by atoms with E-state index in [1.165, 1.54) is 7.05 Å². The summed E-state index contributed by atoms with van der Waals surface area (Å²) < 4.78 is 81.0. The second kappa shape index (κ2) is 6.97. The molecule has 1 aromatic carbocycles. The number of alkyl halides is 6. The first-order valence-electron chi connectivity index (χ1n) is 6.33. The van der Waals surface area contributed by atoms with E-state index in [9.17, 15) is 35.9 Å². The van der Waals surface area contributed by atoms with Gasteiger partial charge >= 0.3 is 18.4 Å². The van der Waals surface area contributed by atoms with E-state index in [1.807, 2.05) is 5.32 Å². The first-order chi connectivity index (χ1) is 10.8. The van der Waals surface area contributed by atoms with Crippen LogP contribution < -0.4 is 15.4 Å². The lowest BCUT2D eigenvalue weighted by atomic mass is 10.1. The quantitative estimate of drug-likeness (QED) is 0.817. The van der Waals surface area contributed by atoms with E-state index in [-0.39, 0.29) is 6.07 Å². The molecule has 0 spiro atoms. The van der Waals surface area contributed by atoms with Crippen LogP contribution in [0.3, 0.4) is 0 Å². The van der Waals surface area contributed by atoms with Crippen molar-refractivity contribution < 1.29 is 40.7 Å². The van der Waals surface area contributed by atoms with Gasteiger partial charge in [-0.1, -0.05) is 0 Å². The molecule has 0 saturated carbocycles. The van der Waals surface area contributed by atoms with Crippen LogP contribution in [0.5, 0.6) is 5.75 Å². The summed E-state index contributed by atoms with van der Waals surface area (Å²) in [7, 11) is 1.20. The molecule has 24 heavy (non-hydrogen) atoms. The first-order valence-corrected chi connectivity index (χ1v) is 6.33. The van der Waals surface area contributed by atoms with Gasteiger partial charge in [-0.15, -0.1) is 0 Å². The maximum atomic E-state index is 12.7. The second-order valence-electron chi connectivity index (χ2n) is 4.57. The number of hydrogen-bond acceptors (Lipinski definition) is 3. The van der Waals surface area contributed by atoms with Gasteiger partial charge in [0.2, 0.25) is 0 Å². The number of carbonyl (C=O) groups is 2. The number of halogens is 6. The van der Waals surface area contributed by atoms with E-state index >= 15 is 0 Å². The van der Waals surface area contributed by atoms with Crippen molar-refractivity contribution in [2.24, 2.45) is 0 Å². The molecular weight excluding hydrogens is 346 g/mol. The van der Waals surface area contributed by atoms with Crippen molar-refractivity contribution in [3.05, 3.63) is 29.3 Å². The molecule has 0 radical (unpaired) electrons. The molecule has 0 aliphatic rings. The largest absolute Gasteiger partial charge is 0.481 e. The number of carbonyl (C=O) groups excluding carboxylic acids is 2. The van der Waals surface area contributed by atoms with Gasteiger partial charge in [-0.05, 0) is 25.1 Å². The number of rotatable bonds is 3. The monoisotopic (exact) mass is 358 g/mol. The Morgan fingerprint density at radius 2 is 1.46 bits per heavy atom. The Hall–Kier alpha value is -2.46. The minimum Gasteiger partial charge on any atom is -0.481 e. The average molecular weight is 358 g/mol. The molecule has 134 valence electrons. The summed E-state index contributed by atoms with van der Waals surface area (Å²) in [5.74, 6) is -1.85. The van der Waals surface area contributed by atoms with Crippen LogP contribution in [0.25, 0.3) is 0 Å². The van der Waals surface area contributed by atoms with Gasteiger partial charge in [0.25, 0.3) is 5.91 Å². The topological polar surface area (TPSA) is 67.4 Å². The molecule has 2 N–H and O–H groups in total. The highest BCUT2D eigenvalue weighted by Crippen LogP contribution is 2.38. The third kappa shape index (κ3) is 5.32. The summed E-state index contributed by atoms with van der Waals surface area (Å²) in [6, 6.07) is -0.310. The van der Waals surface area contributed by atoms with Crippen LogP contribution in [-0.2, 0) is 17.1 Å². The maximum Gasteiger partial charge on any atom is 0.416 e. The normalized spacial score (nSPS) is 13.2. The molecule has 1 rings (SSSR count). The number of amides is 3. The molecule has 0 fully saturated rings. The molecule has 0 bridgehead atoms. The average Bonchev–Trinajstić information content (AvgIpc) is 2.44. The molecule has 0 aliphatic heterocycles. The van der Waals surface area contributed by atoms with Crippen molar-refractivity contribution >= 4 is 11.9 Å². The summed E-state index contributed by atoms with van der Waals surface area (Å²) in [5.41, 5.74) is -3.16. The van der Waals surface area contributed by atoms with E-state index in [2.05, 4.69) is 0 Å². The molecule has 1 atom stereocenters. The van der Waals surface area contributed by atoms with Crippen LogP contribution in [0.2, 0.25) is 0 Å². The van der Waals surface area contributed by atoms with Crippen molar-refractivity contribution in [2.45, 2.75) is 25.4 Å². The molecule has 0 aliphatic carbocycles. The van der Waals surface area contributed by atoms with Crippen molar-refractivity contribution in [3.63, 3.8) is 0 Å². The molecule has 0 unspecified atom stereocenters. The van der Waals surface area contributed by atoms with Crippen molar-refractivity contribution in [1.82, 2.24) is 10.6 Å². The van der Waals surface area contributed by atoms with Crippen LogP contribution >= 0.6 is 0 Å². The van der Waals surface area contributed by atoms with Crippen LogP contribution in [-0.4, -0.2) is 25.1 Å². The first kappa shape index (κ1) is 19.6. The van der Waals surface area contributed by atoms with E-state index in [4.69, 9.17) is 4.74 Å². The van der Waals surface area contributed by atoms with Crippen molar-refractivity contribution in [3.8, 4) is 5.75 Å². The highest BCUT2D eigenvalue weighted by molar-refractivity contribution is 5.96. The summed E-state index contributed by atoms with van der Waals surface area (Å²) in [4.78, 5) is 22.5. The van der Waals surface area contributed by atoms with Crippen LogP contribution in [0, 0.1) is 0 Å². The lowest BCUT2D eigenvalue weighted by Gasteiger charge is -2.17. The third-order valence-electron chi connectivity index (χ3n) is 2.71. The highest BCUT2D eigenvalue weighted by atomic mass is 19.4. The standard InChI is InChI=1S/C13H12F6N2O3/c1-6(10(22)21-11(23)20-2)24-9-4-7(12(14,15)16)3-8(5-9)13(17,18)19/h3-6H,1-2H3,(H2,20,21,22,23)/t6-/m1/s1. The lowest BCUT2D eigenvalue weighted by Crippen LogP contribution is -2.44. The fourth-order valence-corrected chi connectivity index (χ4v) is 1.53.